The Morgan fingerprint density at radius 1 is 0.870 bits per heavy atom. The molecule has 0 unspecified atom stereocenters. The zero-order chi connectivity index (χ0) is 15.8. The predicted molar refractivity (Wildman–Crippen MR) is 107 cm³/mol. The highest BCUT2D eigenvalue weighted by Gasteiger charge is 2.12. The largest absolute Gasteiger partial charge is 0.135 e. The van der Waals surface area contributed by atoms with Crippen LogP contribution in [-0.2, 0) is 0 Å². The molecule has 0 aliphatic rings. The quantitative estimate of drug-likeness (QED) is 0.338. The Morgan fingerprint density at radius 2 is 1.70 bits per heavy atom. The maximum atomic E-state index is 3.59. The first kappa shape index (κ1) is 14.7. The normalized spacial score (nSPS) is 11.7. The Balaban J connectivity index is 2.07. The highest BCUT2D eigenvalue weighted by molar-refractivity contribution is 9.10. The molecular weight excluding hydrogens is 364 g/mol. The molecule has 0 aliphatic heterocycles. The molecule has 0 saturated heterocycles. The Kier molecular flexibility index (Phi) is 3.80. The number of fused-ring (bicyclic) bond motifs is 3. The highest BCUT2D eigenvalue weighted by atomic mass is 79.9. The van der Waals surface area contributed by atoms with Crippen LogP contribution in [-0.4, -0.2) is 0 Å². The van der Waals surface area contributed by atoms with Crippen molar-refractivity contribution in [3.63, 3.8) is 0 Å². The Labute approximate surface area is 148 Å². The molecule has 0 nitrogen and oxygen atoms in total. The fourth-order valence-corrected chi connectivity index (χ4v) is 4.66. The number of rotatable bonds is 2. The van der Waals surface area contributed by atoms with Crippen LogP contribution in [0.5, 0.6) is 0 Å². The minimum absolute atomic E-state index is 1.11. The number of hydrogen-bond donors (Lipinski definition) is 0. The fourth-order valence-electron chi connectivity index (χ4n) is 3.06. The minimum atomic E-state index is 1.11. The third-order valence-electron chi connectivity index (χ3n) is 4.05. The summed E-state index contributed by atoms with van der Waals surface area (Å²) in [6, 6.07) is 21.8. The van der Waals surface area contributed by atoms with Crippen LogP contribution in [0.15, 0.2) is 71.2 Å². The zero-order valence-electron chi connectivity index (χ0n) is 12.7. The summed E-state index contributed by atoms with van der Waals surface area (Å²) < 4.78 is 3.82. The van der Waals surface area contributed by atoms with Gasteiger partial charge in [0.25, 0.3) is 0 Å². The van der Waals surface area contributed by atoms with Gasteiger partial charge in [-0.2, -0.15) is 0 Å². The number of allylic oxidation sites excluding steroid dienone is 1. The maximum absolute atomic E-state index is 3.59. The summed E-state index contributed by atoms with van der Waals surface area (Å²) in [7, 11) is 0. The van der Waals surface area contributed by atoms with E-state index in [0.29, 0.717) is 0 Å². The summed E-state index contributed by atoms with van der Waals surface area (Å²) in [5.41, 5.74) is 3.83. The smallest absolute Gasteiger partial charge is 0.0434 e. The lowest BCUT2D eigenvalue weighted by molar-refractivity contribution is 1.58. The molecule has 0 atom stereocenters. The molecule has 0 saturated carbocycles. The molecule has 0 amide bonds. The summed E-state index contributed by atoms with van der Waals surface area (Å²) in [4.78, 5) is 0. The van der Waals surface area contributed by atoms with E-state index < -0.39 is 0 Å². The SMILES string of the molecule is C/C=C/c1cc(Br)ccc1-c1cccc2c1sc1ccccc12. The van der Waals surface area contributed by atoms with Crippen LogP contribution in [0.25, 0.3) is 37.4 Å². The van der Waals surface area contributed by atoms with Crippen molar-refractivity contribution >= 4 is 53.5 Å². The van der Waals surface area contributed by atoms with Gasteiger partial charge in [0.15, 0.2) is 0 Å². The number of halogens is 1. The van der Waals surface area contributed by atoms with E-state index >= 15 is 0 Å². The van der Waals surface area contributed by atoms with Crippen molar-refractivity contribution < 1.29 is 0 Å². The molecule has 0 aliphatic carbocycles. The van der Waals surface area contributed by atoms with Gasteiger partial charge < -0.3 is 0 Å². The number of hydrogen-bond acceptors (Lipinski definition) is 1. The van der Waals surface area contributed by atoms with Crippen LogP contribution in [0.1, 0.15) is 12.5 Å². The second kappa shape index (κ2) is 5.95. The average molecular weight is 379 g/mol. The van der Waals surface area contributed by atoms with E-state index in [1.807, 2.05) is 11.3 Å². The van der Waals surface area contributed by atoms with Crippen molar-refractivity contribution in [1.82, 2.24) is 0 Å². The summed E-state index contributed by atoms with van der Waals surface area (Å²) in [5.74, 6) is 0. The third-order valence-corrected chi connectivity index (χ3v) is 5.77. The molecule has 3 aromatic carbocycles. The van der Waals surface area contributed by atoms with E-state index in [1.165, 1.54) is 36.9 Å². The van der Waals surface area contributed by atoms with Gasteiger partial charge in [-0.05, 0) is 36.2 Å². The van der Waals surface area contributed by atoms with Crippen molar-refractivity contribution in [1.29, 1.82) is 0 Å². The van der Waals surface area contributed by atoms with Crippen molar-refractivity contribution in [3.05, 3.63) is 76.8 Å². The van der Waals surface area contributed by atoms with Crippen molar-refractivity contribution in [2.24, 2.45) is 0 Å². The van der Waals surface area contributed by atoms with E-state index in [0.717, 1.165) is 4.47 Å². The van der Waals surface area contributed by atoms with Gasteiger partial charge in [0, 0.05) is 30.2 Å². The van der Waals surface area contributed by atoms with Gasteiger partial charge in [-0.3, -0.25) is 0 Å². The van der Waals surface area contributed by atoms with Crippen LogP contribution in [0, 0.1) is 0 Å². The molecule has 0 bridgehead atoms. The first-order valence-electron chi connectivity index (χ1n) is 7.61. The molecule has 2 heteroatoms. The van der Waals surface area contributed by atoms with Gasteiger partial charge in [-0.15, -0.1) is 11.3 Å². The molecule has 0 N–H and O–H groups in total. The summed E-state index contributed by atoms with van der Waals surface area (Å²) >= 11 is 5.46. The fraction of sp³-hybridized carbons (Fsp3) is 0.0476. The predicted octanol–water partition coefficient (Wildman–Crippen LogP) is 7.52. The number of benzene rings is 3. The van der Waals surface area contributed by atoms with Gasteiger partial charge in [-0.1, -0.05) is 70.5 Å². The van der Waals surface area contributed by atoms with Crippen LogP contribution in [0.3, 0.4) is 0 Å². The zero-order valence-corrected chi connectivity index (χ0v) is 15.1. The molecule has 23 heavy (non-hydrogen) atoms. The molecule has 1 aromatic heterocycles. The molecular formula is C21H15BrS. The molecule has 0 radical (unpaired) electrons. The molecule has 0 fully saturated rings. The van der Waals surface area contributed by atoms with Gasteiger partial charge in [-0.25, -0.2) is 0 Å². The van der Waals surface area contributed by atoms with Gasteiger partial charge in [0.1, 0.15) is 0 Å². The second-order valence-electron chi connectivity index (χ2n) is 5.51. The van der Waals surface area contributed by atoms with Crippen LogP contribution in [0.2, 0.25) is 0 Å². The van der Waals surface area contributed by atoms with Crippen LogP contribution < -0.4 is 0 Å². The number of thiophene rings is 1. The summed E-state index contributed by atoms with van der Waals surface area (Å²) in [6.07, 6.45) is 4.27. The van der Waals surface area contributed by atoms with E-state index in [2.05, 4.69) is 95.7 Å². The summed E-state index contributed by atoms with van der Waals surface area (Å²) in [6.45, 7) is 2.06. The molecule has 4 aromatic rings. The lowest BCUT2D eigenvalue weighted by Crippen LogP contribution is -1.84. The average Bonchev–Trinajstić information content (AvgIpc) is 2.94. The second-order valence-corrected chi connectivity index (χ2v) is 7.48. The Hall–Kier alpha value is -1.90. The molecule has 112 valence electrons. The standard InChI is InChI=1S/C21H15BrS/c1-2-6-14-13-15(22)11-12-16(14)18-8-5-9-19-17-7-3-4-10-20(17)23-21(18)19/h2-13H,1H3/b6-2+. The van der Waals surface area contributed by atoms with E-state index in [9.17, 15) is 0 Å². The van der Waals surface area contributed by atoms with Gasteiger partial charge >= 0.3 is 0 Å². The Morgan fingerprint density at radius 3 is 2.57 bits per heavy atom. The lowest BCUT2D eigenvalue weighted by Gasteiger charge is -2.09. The lowest BCUT2D eigenvalue weighted by atomic mass is 9.98. The van der Waals surface area contributed by atoms with Crippen molar-refractivity contribution in [3.8, 4) is 11.1 Å². The van der Waals surface area contributed by atoms with E-state index in [-0.39, 0.29) is 0 Å². The monoisotopic (exact) mass is 378 g/mol. The highest BCUT2D eigenvalue weighted by Crippen LogP contribution is 2.41. The topological polar surface area (TPSA) is 0 Å². The van der Waals surface area contributed by atoms with Crippen LogP contribution in [0.4, 0.5) is 0 Å². The molecule has 1 heterocycles. The minimum Gasteiger partial charge on any atom is -0.135 e. The first-order chi connectivity index (χ1) is 11.3. The van der Waals surface area contributed by atoms with Crippen LogP contribution >= 0.6 is 27.3 Å². The molecule has 4 rings (SSSR count). The molecule has 0 spiro atoms. The van der Waals surface area contributed by atoms with Crippen molar-refractivity contribution in [2.45, 2.75) is 6.92 Å². The van der Waals surface area contributed by atoms with Gasteiger partial charge in [0.2, 0.25) is 0 Å². The first-order valence-corrected chi connectivity index (χ1v) is 9.22. The Bertz CT molecular complexity index is 1040. The van der Waals surface area contributed by atoms with Gasteiger partial charge in [0.05, 0.1) is 0 Å². The van der Waals surface area contributed by atoms with E-state index in [1.54, 1.807) is 0 Å². The van der Waals surface area contributed by atoms with Crippen molar-refractivity contribution in [2.75, 3.05) is 0 Å². The third kappa shape index (κ3) is 2.52. The summed E-state index contributed by atoms with van der Waals surface area (Å²) in [5, 5.41) is 2.69. The van der Waals surface area contributed by atoms with E-state index in [4.69, 9.17) is 0 Å². The maximum Gasteiger partial charge on any atom is 0.0434 e.